The molecular formula is C25H32O7. The number of Topliss-reactive ketones (excluding diaryl/α,β-unsaturated/α-hetero) is 1. The van der Waals surface area contributed by atoms with Crippen molar-refractivity contribution >= 4 is 17.7 Å². The van der Waals surface area contributed by atoms with Gasteiger partial charge in [0.05, 0.1) is 35.1 Å². The van der Waals surface area contributed by atoms with Gasteiger partial charge in [-0.05, 0) is 57.8 Å². The van der Waals surface area contributed by atoms with Gasteiger partial charge in [0.2, 0.25) is 0 Å². The SMILES string of the molecule is CC1(C)OC(=O)C=C[C@]12CC[C@]13C[C@]4(C)C(=O)[C@](C)(C[C@H]1[C@@]2(C)O)[C@]31COC(=O)[C@H]1[C@H]4O. The zero-order chi connectivity index (χ0) is 23.3. The largest absolute Gasteiger partial charge is 0.465 e. The number of carbonyl (C=O) groups excluding carboxylic acids is 3. The first-order valence-electron chi connectivity index (χ1n) is 11.7. The summed E-state index contributed by atoms with van der Waals surface area (Å²) in [5, 5.41) is 23.7. The Balaban J connectivity index is 1.61. The molecule has 0 unspecified atom stereocenters. The molecule has 2 heterocycles. The molecule has 0 aromatic heterocycles. The average Bonchev–Trinajstić information content (AvgIpc) is 3.13. The van der Waals surface area contributed by atoms with Crippen LogP contribution in [0.4, 0.5) is 0 Å². The molecule has 32 heavy (non-hydrogen) atoms. The van der Waals surface area contributed by atoms with Crippen LogP contribution in [-0.4, -0.2) is 51.8 Å². The van der Waals surface area contributed by atoms with E-state index in [1.807, 2.05) is 33.8 Å². The summed E-state index contributed by atoms with van der Waals surface area (Å²) in [6.07, 6.45) is 4.22. The highest BCUT2D eigenvalue weighted by molar-refractivity contribution is 5.98. The summed E-state index contributed by atoms with van der Waals surface area (Å²) in [6, 6.07) is 0. The molecule has 7 rings (SSSR count). The highest BCUT2D eigenvalue weighted by Crippen LogP contribution is 2.86. The van der Waals surface area contributed by atoms with Crippen LogP contribution in [0.25, 0.3) is 0 Å². The van der Waals surface area contributed by atoms with Crippen LogP contribution in [0.15, 0.2) is 12.2 Å². The van der Waals surface area contributed by atoms with Crippen LogP contribution in [0, 0.1) is 38.9 Å². The van der Waals surface area contributed by atoms with Crippen molar-refractivity contribution in [1.82, 2.24) is 0 Å². The molecule has 1 saturated heterocycles. The molecule has 3 spiro atoms. The highest BCUT2D eigenvalue weighted by atomic mass is 16.6. The van der Waals surface area contributed by atoms with Crippen LogP contribution < -0.4 is 0 Å². The van der Waals surface area contributed by atoms with Crippen molar-refractivity contribution in [2.24, 2.45) is 38.9 Å². The smallest absolute Gasteiger partial charge is 0.331 e. The summed E-state index contributed by atoms with van der Waals surface area (Å²) < 4.78 is 11.4. The summed E-state index contributed by atoms with van der Waals surface area (Å²) >= 11 is 0. The van der Waals surface area contributed by atoms with E-state index in [-0.39, 0.29) is 18.3 Å². The molecule has 5 saturated carbocycles. The van der Waals surface area contributed by atoms with E-state index < -0.39 is 62.2 Å². The normalized spacial score (nSPS) is 59.1. The number of aliphatic hydroxyl groups is 2. The zero-order valence-electron chi connectivity index (χ0n) is 19.4. The van der Waals surface area contributed by atoms with Gasteiger partial charge in [-0.1, -0.05) is 19.9 Å². The number of hydrogen-bond acceptors (Lipinski definition) is 7. The van der Waals surface area contributed by atoms with Crippen LogP contribution in [-0.2, 0) is 23.9 Å². The van der Waals surface area contributed by atoms with E-state index in [1.165, 1.54) is 6.08 Å². The average molecular weight is 445 g/mol. The topological polar surface area (TPSA) is 110 Å². The Morgan fingerprint density at radius 1 is 1.06 bits per heavy atom. The van der Waals surface area contributed by atoms with Crippen LogP contribution in [0.2, 0.25) is 0 Å². The highest BCUT2D eigenvalue weighted by Gasteiger charge is 2.91. The Labute approximate surface area is 187 Å². The number of ether oxygens (including phenoxy) is 2. The Morgan fingerprint density at radius 3 is 2.41 bits per heavy atom. The van der Waals surface area contributed by atoms with E-state index in [9.17, 15) is 24.6 Å². The Kier molecular flexibility index (Phi) is 3.37. The summed E-state index contributed by atoms with van der Waals surface area (Å²) in [4.78, 5) is 39.0. The molecule has 7 heteroatoms. The Morgan fingerprint density at radius 2 is 1.75 bits per heavy atom. The second-order valence-electron chi connectivity index (χ2n) is 12.6. The van der Waals surface area contributed by atoms with Gasteiger partial charge < -0.3 is 19.7 Å². The van der Waals surface area contributed by atoms with E-state index in [4.69, 9.17) is 9.47 Å². The number of rotatable bonds is 0. The second-order valence-corrected chi connectivity index (χ2v) is 12.6. The molecule has 0 amide bonds. The van der Waals surface area contributed by atoms with Crippen molar-refractivity contribution < 1.29 is 34.1 Å². The molecule has 0 aromatic rings. The lowest BCUT2D eigenvalue weighted by Crippen LogP contribution is -2.77. The monoisotopic (exact) mass is 444 g/mol. The van der Waals surface area contributed by atoms with Gasteiger partial charge in [0.1, 0.15) is 11.4 Å². The number of ketones is 1. The molecule has 2 N–H and O–H groups in total. The van der Waals surface area contributed by atoms with Crippen LogP contribution in [0.5, 0.6) is 0 Å². The van der Waals surface area contributed by atoms with Crippen molar-refractivity contribution in [3.05, 3.63) is 12.2 Å². The summed E-state index contributed by atoms with van der Waals surface area (Å²) in [7, 11) is 0. The predicted molar refractivity (Wildman–Crippen MR) is 111 cm³/mol. The maximum Gasteiger partial charge on any atom is 0.331 e. The fourth-order valence-electron chi connectivity index (χ4n) is 10.3. The molecule has 7 aliphatic rings. The van der Waals surface area contributed by atoms with Crippen LogP contribution >= 0.6 is 0 Å². The number of carbonyl (C=O) groups is 3. The molecule has 5 aliphatic carbocycles. The fraction of sp³-hybridized carbons (Fsp3) is 0.800. The molecule has 9 atom stereocenters. The van der Waals surface area contributed by atoms with Crippen molar-refractivity contribution in [3.8, 4) is 0 Å². The quantitative estimate of drug-likeness (QED) is 0.550. The first kappa shape index (κ1) is 20.8. The summed E-state index contributed by atoms with van der Waals surface area (Å²) in [6.45, 7) is 9.33. The van der Waals surface area contributed by atoms with Gasteiger partial charge in [0, 0.05) is 16.9 Å². The lowest BCUT2D eigenvalue weighted by Gasteiger charge is -2.71. The third kappa shape index (κ3) is 1.64. The predicted octanol–water partition coefficient (Wildman–Crippen LogP) is 1.93. The molecule has 174 valence electrons. The third-order valence-electron chi connectivity index (χ3n) is 11.5. The molecular weight excluding hydrogens is 412 g/mol. The van der Waals surface area contributed by atoms with Gasteiger partial charge in [-0.3, -0.25) is 9.59 Å². The zero-order valence-corrected chi connectivity index (χ0v) is 19.4. The molecule has 0 aromatic carbocycles. The van der Waals surface area contributed by atoms with Crippen molar-refractivity contribution in [3.63, 3.8) is 0 Å². The van der Waals surface area contributed by atoms with Crippen LogP contribution in [0.3, 0.4) is 0 Å². The molecule has 0 radical (unpaired) electrons. The lowest BCUT2D eigenvalue weighted by atomic mass is 9.31. The van der Waals surface area contributed by atoms with E-state index in [0.29, 0.717) is 25.7 Å². The van der Waals surface area contributed by atoms with E-state index in [1.54, 1.807) is 6.92 Å². The Bertz CT molecular complexity index is 1030. The van der Waals surface area contributed by atoms with Gasteiger partial charge in [-0.25, -0.2) is 4.79 Å². The lowest BCUT2D eigenvalue weighted by molar-refractivity contribution is -0.281. The van der Waals surface area contributed by atoms with Crippen LogP contribution in [0.1, 0.15) is 60.3 Å². The molecule has 7 nitrogen and oxygen atoms in total. The molecule has 6 fully saturated rings. The number of aliphatic hydroxyl groups excluding tert-OH is 1. The van der Waals surface area contributed by atoms with Crippen molar-refractivity contribution in [2.75, 3.05) is 6.61 Å². The number of cyclic esters (lactones) is 2. The van der Waals surface area contributed by atoms with Gasteiger partial charge in [-0.15, -0.1) is 0 Å². The first-order chi connectivity index (χ1) is 14.7. The third-order valence-corrected chi connectivity index (χ3v) is 11.5. The van der Waals surface area contributed by atoms with E-state index >= 15 is 0 Å². The van der Waals surface area contributed by atoms with Gasteiger partial charge >= 0.3 is 11.9 Å². The van der Waals surface area contributed by atoms with Crippen molar-refractivity contribution in [1.29, 1.82) is 0 Å². The minimum Gasteiger partial charge on any atom is -0.465 e. The Hall–Kier alpha value is -1.73. The maximum atomic E-state index is 13.9. The minimum absolute atomic E-state index is 0.0122. The first-order valence-corrected chi connectivity index (χ1v) is 11.7. The number of hydrogen-bond donors (Lipinski definition) is 2. The number of esters is 2. The van der Waals surface area contributed by atoms with E-state index in [0.717, 1.165) is 0 Å². The maximum absolute atomic E-state index is 13.9. The summed E-state index contributed by atoms with van der Waals surface area (Å²) in [5.74, 6) is -1.93. The second kappa shape index (κ2) is 5.17. The van der Waals surface area contributed by atoms with Gasteiger partial charge in [-0.2, -0.15) is 0 Å². The van der Waals surface area contributed by atoms with Gasteiger partial charge in [0.25, 0.3) is 0 Å². The molecule has 4 bridgehead atoms. The van der Waals surface area contributed by atoms with Gasteiger partial charge in [0.15, 0.2) is 0 Å². The molecule has 2 aliphatic heterocycles. The summed E-state index contributed by atoms with van der Waals surface area (Å²) in [5.41, 5.74) is -6.36. The van der Waals surface area contributed by atoms with E-state index in [2.05, 4.69) is 0 Å². The standard InChI is InChI=1S/C25H32O7/c1-19(2)24(7-6-14(26)32-19)9-8-23-11-20(3)16(27)15-17(28)31-12-25(15,23)21(4,18(20)29)10-13(23)22(24,5)30/h6-7,13,15-16,27,30H,8-12H2,1-5H3/t13-,15+,16+,20-,21-,22+,23-,24-,25+/m0/s1. The minimum atomic E-state index is -1.30. The fourth-order valence-corrected chi connectivity index (χ4v) is 10.3. The van der Waals surface area contributed by atoms with Crippen molar-refractivity contribution in [2.45, 2.75) is 77.6 Å².